The third kappa shape index (κ3) is 5.20. The van der Waals surface area contributed by atoms with E-state index in [-0.39, 0.29) is 11.8 Å². The van der Waals surface area contributed by atoms with Crippen LogP contribution in [0.1, 0.15) is 16.8 Å². The number of piperazine rings is 1. The van der Waals surface area contributed by atoms with Crippen molar-refractivity contribution in [1.29, 1.82) is 0 Å². The molecule has 7 nitrogen and oxygen atoms in total. The summed E-state index contributed by atoms with van der Waals surface area (Å²) in [5, 5.41) is 2.97. The number of nitrogens with zero attached hydrogens (tertiary/aromatic N) is 5. The van der Waals surface area contributed by atoms with Crippen LogP contribution in [0.5, 0.6) is 0 Å². The van der Waals surface area contributed by atoms with Gasteiger partial charge in [-0.1, -0.05) is 18.1 Å². The number of hydrogen-bond acceptors (Lipinski definition) is 5. The van der Waals surface area contributed by atoms with E-state index in [0.29, 0.717) is 43.0 Å². The summed E-state index contributed by atoms with van der Waals surface area (Å²) in [4.78, 5) is 30.1. The van der Waals surface area contributed by atoms with E-state index in [2.05, 4.69) is 32.0 Å². The minimum absolute atomic E-state index is 0.112. The molecule has 0 spiro atoms. The van der Waals surface area contributed by atoms with Gasteiger partial charge in [-0.05, 0) is 66.9 Å². The van der Waals surface area contributed by atoms with Gasteiger partial charge < -0.3 is 15.1 Å². The van der Waals surface area contributed by atoms with Crippen molar-refractivity contribution in [3.8, 4) is 11.8 Å². The lowest BCUT2D eigenvalue weighted by molar-refractivity contribution is 0.208. The van der Waals surface area contributed by atoms with Crippen LogP contribution in [0.15, 0.2) is 67.0 Å². The summed E-state index contributed by atoms with van der Waals surface area (Å²) in [7, 11) is 0. The van der Waals surface area contributed by atoms with Crippen LogP contribution in [0.4, 0.5) is 20.7 Å². The highest BCUT2D eigenvalue weighted by Gasteiger charge is 2.23. The summed E-state index contributed by atoms with van der Waals surface area (Å²) >= 11 is 0. The lowest BCUT2D eigenvalue weighted by Gasteiger charge is -2.35. The van der Waals surface area contributed by atoms with Crippen LogP contribution in [-0.2, 0) is 0 Å². The highest BCUT2D eigenvalue weighted by atomic mass is 19.1. The van der Waals surface area contributed by atoms with Crippen molar-refractivity contribution in [2.45, 2.75) is 6.92 Å². The molecular formula is C27H23FN6O. The fourth-order valence-corrected chi connectivity index (χ4v) is 3.94. The molecule has 1 N–H and O–H groups in total. The van der Waals surface area contributed by atoms with Crippen LogP contribution in [0.2, 0.25) is 0 Å². The van der Waals surface area contributed by atoms with Gasteiger partial charge in [-0.15, -0.1) is 0 Å². The molecule has 0 saturated carbocycles. The highest BCUT2D eigenvalue weighted by Crippen LogP contribution is 2.23. The van der Waals surface area contributed by atoms with Crippen molar-refractivity contribution in [3.63, 3.8) is 0 Å². The molecule has 0 aliphatic carbocycles. The lowest BCUT2D eigenvalue weighted by atomic mass is 10.2. The van der Waals surface area contributed by atoms with Crippen molar-refractivity contribution in [2.24, 2.45) is 0 Å². The summed E-state index contributed by atoms with van der Waals surface area (Å²) in [6, 6.07) is 17.3. The number of benzene rings is 2. The Balaban J connectivity index is 1.30. The number of fused-ring (bicyclic) bond motifs is 1. The molecule has 3 heterocycles. The molecule has 2 aromatic carbocycles. The molecule has 0 unspecified atom stereocenters. The molecule has 2 aromatic heterocycles. The standard InChI is InChI=1S/C27H23FN6O/c1-19-3-2-4-23(17-19)32-27(35)34-15-13-33(14-16-34)26-25-24(29-18-30-26)12-11-22(31-25)10-7-20-5-8-21(28)9-6-20/h2-6,8-9,11-12,17-18H,13-16H2,1H3,(H,32,35). The highest BCUT2D eigenvalue weighted by molar-refractivity contribution is 5.90. The van der Waals surface area contributed by atoms with Crippen LogP contribution < -0.4 is 10.2 Å². The molecule has 8 heteroatoms. The van der Waals surface area contributed by atoms with Crippen LogP contribution in [0, 0.1) is 24.6 Å². The third-order valence-electron chi connectivity index (χ3n) is 5.78. The van der Waals surface area contributed by atoms with E-state index >= 15 is 0 Å². The van der Waals surface area contributed by atoms with Gasteiger partial charge in [-0.25, -0.2) is 24.1 Å². The van der Waals surface area contributed by atoms with Crippen LogP contribution >= 0.6 is 0 Å². The van der Waals surface area contributed by atoms with Gasteiger partial charge in [0.2, 0.25) is 0 Å². The summed E-state index contributed by atoms with van der Waals surface area (Å²) in [5.41, 5.74) is 4.56. The lowest BCUT2D eigenvalue weighted by Crippen LogP contribution is -2.50. The van der Waals surface area contributed by atoms with Gasteiger partial charge in [0.25, 0.3) is 0 Å². The van der Waals surface area contributed by atoms with Gasteiger partial charge in [0.1, 0.15) is 23.4 Å². The zero-order chi connectivity index (χ0) is 24.2. The topological polar surface area (TPSA) is 74.2 Å². The first-order chi connectivity index (χ1) is 17.0. The molecular weight excluding hydrogens is 443 g/mol. The molecule has 1 aliphatic rings. The van der Waals surface area contributed by atoms with E-state index in [0.717, 1.165) is 22.6 Å². The minimum Gasteiger partial charge on any atom is -0.351 e. The second-order valence-corrected chi connectivity index (χ2v) is 8.29. The second kappa shape index (κ2) is 9.77. The number of aromatic nitrogens is 3. The Morgan fingerprint density at radius 1 is 0.971 bits per heavy atom. The average molecular weight is 467 g/mol. The van der Waals surface area contributed by atoms with E-state index in [1.54, 1.807) is 17.0 Å². The SMILES string of the molecule is Cc1cccc(NC(=O)N2CCN(c3ncnc4ccc(C#Cc5ccc(F)cc5)nc34)CC2)c1. The number of halogens is 1. The third-order valence-corrected chi connectivity index (χ3v) is 5.78. The molecule has 5 rings (SSSR count). The fraction of sp³-hybridized carbons (Fsp3) is 0.185. The van der Waals surface area contributed by atoms with E-state index < -0.39 is 0 Å². The first-order valence-electron chi connectivity index (χ1n) is 11.3. The number of hydrogen-bond donors (Lipinski definition) is 1. The number of carbonyl (C=O) groups excluding carboxylic acids is 1. The quantitative estimate of drug-likeness (QED) is 0.448. The summed E-state index contributed by atoms with van der Waals surface area (Å²) in [5.74, 6) is 6.47. The largest absolute Gasteiger partial charge is 0.351 e. The van der Waals surface area contributed by atoms with E-state index in [1.165, 1.54) is 18.5 Å². The predicted octanol–water partition coefficient (Wildman–Crippen LogP) is 4.23. The summed E-state index contributed by atoms with van der Waals surface area (Å²) in [6.07, 6.45) is 1.53. The molecule has 174 valence electrons. The second-order valence-electron chi connectivity index (χ2n) is 8.29. The summed E-state index contributed by atoms with van der Waals surface area (Å²) < 4.78 is 13.1. The van der Waals surface area contributed by atoms with Crippen molar-refractivity contribution < 1.29 is 9.18 Å². The Bertz CT molecular complexity index is 1440. The van der Waals surface area contributed by atoms with Crippen molar-refractivity contribution in [1.82, 2.24) is 19.9 Å². The number of amides is 2. The molecule has 35 heavy (non-hydrogen) atoms. The maximum Gasteiger partial charge on any atom is 0.321 e. The maximum atomic E-state index is 13.1. The van der Waals surface area contributed by atoms with Gasteiger partial charge in [-0.2, -0.15) is 0 Å². The van der Waals surface area contributed by atoms with Crippen LogP contribution in [0.25, 0.3) is 11.0 Å². The number of rotatable bonds is 2. The molecule has 1 saturated heterocycles. The first kappa shape index (κ1) is 22.3. The van der Waals surface area contributed by atoms with Gasteiger partial charge in [0.15, 0.2) is 5.82 Å². The summed E-state index contributed by atoms with van der Waals surface area (Å²) in [6.45, 7) is 4.37. The molecule has 0 atom stereocenters. The van der Waals surface area contributed by atoms with E-state index in [9.17, 15) is 9.18 Å². The normalized spacial score (nSPS) is 13.3. The van der Waals surface area contributed by atoms with Crippen molar-refractivity contribution in [2.75, 3.05) is 36.4 Å². The van der Waals surface area contributed by atoms with E-state index in [1.807, 2.05) is 43.3 Å². The van der Waals surface area contributed by atoms with E-state index in [4.69, 9.17) is 4.98 Å². The zero-order valence-electron chi connectivity index (χ0n) is 19.2. The Labute approximate surface area is 202 Å². The molecule has 2 amide bonds. The molecule has 1 aliphatic heterocycles. The van der Waals surface area contributed by atoms with Crippen LogP contribution in [0.3, 0.4) is 0 Å². The van der Waals surface area contributed by atoms with Crippen molar-refractivity contribution in [3.05, 3.63) is 89.6 Å². The molecule has 4 aromatic rings. The van der Waals surface area contributed by atoms with Gasteiger partial charge in [0.05, 0.1) is 5.52 Å². The van der Waals surface area contributed by atoms with Crippen molar-refractivity contribution >= 4 is 28.6 Å². The van der Waals surface area contributed by atoms with Crippen LogP contribution in [-0.4, -0.2) is 52.1 Å². The molecule has 0 radical (unpaired) electrons. The smallest absolute Gasteiger partial charge is 0.321 e. The molecule has 0 bridgehead atoms. The Morgan fingerprint density at radius 2 is 1.77 bits per heavy atom. The zero-order valence-corrected chi connectivity index (χ0v) is 19.2. The molecule has 1 fully saturated rings. The van der Waals surface area contributed by atoms with Gasteiger partial charge in [-0.3, -0.25) is 0 Å². The van der Waals surface area contributed by atoms with Gasteiger partial charge in [0, 0.05) is 37.4 Å². The fourth-order valence-electron chi connectivity index (χ4n) is 3.94. The number of carbonyl (C=O) groups is 1. The predicted molar refractivity (Wildman–Crippen MR) is 134 cm³/mol. The Kier molecular flexibility index (Phi) is 6.22. The Morgan fingerprint density at radius 3 is 2.54 bits per heavy atom. The maximum absolute atomic E-state index is 13.1. The number of nitrogens with one attached hydrogen (secondary N) is 1. The number of aryl methyl sites for hydroxylation is 1. The first-order valence-corrected chi connectivity index (χ1v) is 11.3. The van der Waals surface area contributed by atoms with Gasteiger partial charge >= 0.3 is 6.03 Å². The number of urea groups is 1. The number of pyridine rings is 1. The Hall–Kier alpha value is -4.51. The number of anilines is 2. The monoisotopic (exact) mass is 466 g/mol. The minimum atomic E-state index is -0.297. The average Bonchev–Trinajstić information content (AvgIpc) is 2.88.